The number of carboxylic acids is 1. The summed E-state index contributed by atoms with van der Waals surface area (Å²) < 4.78 is 0. The molecule has 0 saturated heterocycles. The lowest BCUT2D eigenvalue weighted by Gasteiger charge is -2.40. The van der Waals surface area contributed by atoms with Crippen LogP contribution in [0.3, 0.4) is 0 Å². The van der Waals surface area contributed by atoms with Crippen molar-refractivity contribution in [2.45, 2.75) is 45.4 Å². The van der Waals surface area contributed by atoms with Crippen molar-refractivity contribution in [3.05, 3.63) is 0 Å². The molecule has 1 aliphatic rings. The summed E-state index contributed by atoms with van der Waals surface area (Å²) in [7, 11) is 2.04. The molecule has 0 aromatic carbocycles. The van der Waals surface area contributed by atoms with Crippen LogP contribution < -0.4 is 0 Å². The molecule has 88 valence electrons. The predicted molar refractivity (Wildman–Crippen MR) is 60.9 cm³/mol. The Bertz CT molecular complexity index is 212. The third-order valence-electron chi connectivity index (χ3n) is 3.48. The Morgan fingerprint density at radius 3 is 2.47 bits per heavy atom. The number of hydrogen-bond acceptors (Lipinski definition) is 2. The van der Waals surface area contributed by atoms with Crippen molar-refractivity contribution in [1.29, 1.82) is 0 Å². The molecule has 0 spiro atoms. The number of unbranched alkanes of at least 4 members (excludes halogenated alkanes) is 2. The van der Waals surface area contributed by atoms with Crippen LogP contribution in [0.25, 0.3) is 0 Å². The summed E-state index contributed by atoms with van der Waals surface area (Å²) in [6.07, 6.45) is 6.45. The average Bonchev–Trinajstić information content (AvgIpc) is 2.11. The van der Waals surface area contributed by atoms with Crippen LogP contribution in [0.15, 0.2) is 0 Å². The van der Waals surface area contributed by atoms with Gasteiger partial charge in [-0.1, -0.05) is 26.2 Å². The van der Waals surface area contributed by atoms with Crippen LogP contribution >= 0.6 is 0 Å². The van der Waals surface area contributed by atoms with Crippen molar-refractivity contribution in [1.82, 2.24) is 4.90 Å². The zero-order valence-corrected chi connectivity index (χ0v) is 9.96. The minimum atomic E-state index is -0.601. The van der Waals surface area contributed by atoms with Crippen LogP contribution in [-0.4, -0.2) is 36.1 Å². The maximum Gasteiger partial charge on any atom is 0.310 e. The molecule has 3 heteroatoms. The van der Waals surface area contributed by atoms with E-state index in [1.165, 1.54) is 19.3 Å². The Hall–Kier alpha value is -0.570. The topological polar surface area (TPSA) is 40.5 Å². The Kier molecular flexibility index (Phi) is 4.58. The summed E-state index contributed by atoms with van der Waals surface area (Å²) in [5, 5.41) is 9.18. The molecule has 1 saturated carbocycles. The molecular weight excluding hydrogens is 190 g/mol. The largest absolute Gasteiger partial charge is 0.481 e. The quantitative estimate of drug-likeness (QED) is 0.660. The first-order chi connectivity index (χ1) is 7.10. The van der Waals surface area contributed by atoms with Crippen LogP contribution in [0.1, 0.15) is 45.4 Å². The molecule has 0 atom stereocenters. The van der Waals surface area contributed by atoms with Gasteiger partial charge in [-0.2, -0.15) is 0 Å². The van der Waals surface area contributed by atoms with Gasteiger partial charge in [0.05, 0.1) is 5.41 Å². The summed E-state index contributed by atoms with van der Waals surface area (Å²) >= 11 is 0. The smallest absolute Gasteiger partial charge is 0.310 e. The van der Waals surface area contributed by atoms with Gasteiger partial charge >= 0.3 is 5.97 Å². The summed E-state index contributed by atoms with van der Waals surface area (Å²) in [4.78, 5) is 13.3. The Balaban J connectivity index is 2.29. The van der Waals surface area contributed by atoms with E-state index in [-0.39, 0.29) is 0 Å². The highest BCUT2D eigenvalue weighted by Gasteiger charge is 2.44. The fourth-order valence-corrected chi connectivity index (χ4v) is 2.27. The van der Waals surface area contributed by atoms with E-state index in [2.05, 4.69) is 11.8 Å². The van der Waals surface area contributed by atoms with Gasteiger partial charge in [0.2, 0.25) is 0 Å². The number of nitrogens with zero attached hydrogens (tertiary/aromatic N) is 1. The van der Waals surface area contributed by atoms with Gasteiger partial charge in [0.1, 0.15) is 0 Å². The maximum atomic E-state index is 11.1. The van der Waals surface area contributed by atoms with E-state index in [4.69, 9.17) is 0 Å². The molecule has 0 aliphatic heterocycles. The maximum absolute atomic E-state index is 11.1. The van der Waals surface area contributed by atoms with Crippen molar-refractivity contribution in [3.8, 4) is 0 Å². The number of carboxylic acid groups (broad SMARTS) is 1. The monoisotopic (exact) mass is 213 g/mol. The van der Waals surface area contributed by atoms with E-state index in [1.54, 1.807) is 0 Å². The summed E-state index contributed by atoms with van der Waals surface area (Å²) in [5.41, 5.74) is -0.416. The fraction of sp³-hybridized carbons (Fsp3) is 0.917. The highest BCUT2D eigenvalue weighted by atomic mass is 16.4. The minimum Gasteiger partial charge on any atom is -0.481 e. The van der Waals surface area contributed by atoms with E-state index in [0.717, 1.165) is 32.4 Å². The number of rotatable bonds is 7. The third-order valence-corrected chi connectivity index (χ3v) is 3.48. The highest BCUT2D eigenvalue weighted by molar-refractivity contribution is 5.76. The van der Waals surface area contributed by atoms with Gasteiger partial charge in [-0.15, -0.1) is 0 Å². The molecular formula is C12H23NO2. The van der Waals surface area contributed by atoms with Crippen LogP contribution in [-0.2, 0) is 4.79 Å². The number of carbonyl (C=O) groups is 1. The van der Waals surface area contributed by atoms with Crippen LogP contribution in [0.2, 0.25) is 0 Å². The lowest BCUT2D eigenvalue weighted by molar-refractivity contribution is -0.156. The molecule has 0 bridgehead atoms. The summed E-state index contributed by atoms with van der Waals surface area (Å²) in [5.74, 6) is -0.601. The second-order valence-electron chi connectivity index (χ2n) is 4.88. The Morgan fingerprint density at radius 2 is 2.07 bits per heavy atom. The predicted octanol–water partition coefficient (Wildman–Crippen LogP) is 2.36. The van der Waals surface area contributed by atoms with Crippen molar-refractivity contribution < 1.29 is 9.90 Å². The lowest BCUT2D eigenvalue weighted by atomic mass is 9.68. The number of hydrogen-bond donors (Lipinski definition) is 1. The zero-order valence-electron chi connectivity index (χ0n) is 9.96. The molecule has 3 nitrogen and oxygen atoms in total. The lowest BCUT2D eigenvalue weighted by Crippen LogP contribution is -2.46. The molecule has 1 fully saturated rings. The molecule has 15 heavy (non-hydrogen) atoms. The van der Waals surface area contributed by atoms with Crippen LogP contribution in [0, 0.1) is 5.41 Å². The molecule has 0 heterocycles. The van der Waals surface area contributed by atoms with Crippen molar-refractivity contribution in [3.63, 3.8) is 0 Å². The number of aliphatic carboxylic acids is 1. The van der Waals surface area contributed by atoms with E-state index in [1.807, 2.05) is 7.05 Å². The van der Waals surface area contributed by atoms with Crippen molar-refractivity contribution in [2.24, 2.45) is 5.41 Å². The molecule has 0 aromatic heterocycles. The molecule has 0 aromatic rings. The van der Waals surface area contributed by atoms with Gasteiger partial charge < -0.3 is 10.0 Å². The first-order valence-electron chi connectivity index (χ1n) is 6.03. The molecule has 1 N–H and O–H groups in total. The Morgan fingerprint density at radius 1 is 1.40 bits per heavy atom. The first kappa shape index (κ1) is 12.5. The summed E-state index contributed by atoms with van der Waals surface area (Å²) in [6.45, 7) is 3.94. The van der Waals surface area contributed by atoms with E-state index < -0.39 is 11.4 Å². The van der Waals surface area contributed by atoms with E-state index in [9.17, 15) is 9.90 Å². The minimum absolute atomic E-state index is 0.416. The fourth-order valence-electron chi connectivity index (χ4n) is 2.27. The molecule has 0 radical (unpaired) electrons. The molecule has 1 rings (SSSR count). The standard InChI is InChI=1S/C12H23NO2/c1-3-4-5-9-13(2)10-12(11(14)15)7-6-8-12/h3-10H2,1-2H3,(H,14,15). The molecule has 0 unspecified atom stereocenters. The van der Waals surface area contributed by atoms with Gasteiger partial charge in [-0.05, 0) is 32.9 Å². The van der Waals surface area contributed by atoms with Crippen LogP contribution in [0.4, 0.5) is 0 Å². The van der Waals surface area contributed by atoms with Crippen molar-refractivity contribution in [2.75, 3.05) is 20.1 Å². The van der Waals surface area contributed by atoms with Gasteiger partial charge in [0.25, 0.3) is 0 Å². The second-order valence-corrected chi connectivity index (χ2v) is 4.88. The average molecular weight is 213 g/mol. The van der Waals surface area contributed by atoms with Gasteiger partial charge in [-0.25, -0.2) is 0 Å². The van der Waals surface area contributed by atoms with E-state index >= 15 is 0 Å². The van der Waals surface area contributed by atoms with Gasteiger partial charge in [-0.3, -0.25) is 4.79 Å². The highest BCUT2D eigenvalue weighted by Crippen LogP contribution is 2.41. The molecule has 0 amide bonds. The first-order valence-corrected chi connectivity index (χ1v) is 6.03. The van der Waals surface area contributed by atoms with Gasteiger partial charge in [0.15, 0.2) is 0 Å². The normalized spacial score (nSPS) is 18.9. The third kappa shape index (κ3) is 3.20. The Labute approximate surface area is 92.5 Å². The van der Waals surface area contributed by atoms with Gasteiger partial charge in [0, 0.05) is 6.54 Å². The zero-order chi connectivity index (χ0) is 11.3. The second kappa shape index (κ2) is 5.50. The molecule has 1 aliphatic carbocycles. The summed E-state index contributed by atoms with van der Waals surface area (Å²) in [6, 6.07) is 0. The van der Waals surface area contributed by atoms with Crippen molar-refractivity contribution >= 4 is 5.97 Å². The van der Waals surface area contributed by atoms with Crippen LogP contribution in [0.5, 0.6) is 0 Å². The SMILES string of the molecule is CCCCCN(C)CC1(C(=O)O)CCC1. The van der Waals surface area contributed by atoms with E-state index in [0.29, 0.717) is 0 Å².